The second-order valence-electron chi connectivity index (χ2n) is 9.52. The second-order valence-corrected chi connectivity index (χ2v) is 15.6. The quantitative estimate of drug-likeness (QED) is 0.219. The number of rotatable bonds is 10. The Bertz CT molecular complexity index is 1400. The Kier molecular flexibility index (Phi) is 7.67. The van der Waals surface area contributed by atoms with E-state index in [9.17, 15) is 4.79 Å². The number of aromatic nitrogens is 7. The van der Waals surface area contributed by atoms with Crippen LogP contribution in [0.15, 0.2) is 45.8 Å². The molecule has 0 aliphatic heterocycles. The van der Waals surface area contributed by atoms with Crippen LogP contribution < -0.4 is 10.3 Å². The number of hydrogen-bond acceptors (Lipinski definition) is 9. The first-order valence-electron chi connectivity index (χ1n) is 11.4. The lowest BCUT2D eigenvalue weighted by Crippen LogP contribution is -2.26. The zero-order valence-corrected chi connectivity index (χ0v) is 22.6. The molecule has 13 heteroatoms. The summed E-state index contributed by atoms with van der Waals surface area (Å²) < 4.78 is 19.8. The summed E-state index contributed by atoms with van der Waals surface area (Å²) in [4.78, 5) is 16.9. The molecule has 0 unspecified atom stereocenters. The molecular weight excluding hydrogens is 502 g/mol. The smallest absolute Gasteiger partial charge is 0.317 e. The van der Waals surface area contributed by atoms with Gasteiger partial charge in [0, 0.05) is 43.9 Å². The Morgan fingerprint density at radius 3 is 2.69 bits per heavy atom. The highest BCUT2D eigenvalue weighted by atomic mass is 35.5. The van der Waals surface area contributed by atoms with Crippen molar-refractivity contribution < 1.29 is 14.0 Å². The van der Waals surface area contributed by atoms with Gasteiger partial charge in [0.1, 0.15) is 6.73 Å². The van der Waals surface area contributed by atoms with Crippen LogP contribution in [0, 0.1) is 0 Å². The molecular formula is C23H28ClN7O4Si. The zero-order chi connectivity index (χ0) is 25.9. The summed E-state index contributed by atoms with van der Waals surface area (Å²) in [5, 5.41) is 17.0. The van der Waals surface area contributed by atoms with Crippen LogP contribution in [0.4, 0.5) is 0 Å². The van der Waals surface area contributed by atoms with Crippen LogP contribution in [-0.2, 0) is 18.5 Å². The fourth-order valence-corrected chi connectivity index (χ4v) is 4.15. The van der Waals surface area contributed by atoms with Crippen LogP contribution in [0.25, 0.3) is 22.8 Å². The van der Waals surface area contributed by atoms with Gasteiger partial charge in [-0.3, -0.25) is 9.36 Å². The lowest BCUT2D eigenvalue weighted by Gasteiger charge is -2.15. The van der Waals surface area contributed by atoms with Gasteiger partial charge in [-0.15, -0.1) is 5.10 Å². The van der Waals surface area contributed by atoms with Crippen LogP contribution in [0.1, 0.15) is 18.9 Å². The van der Waals surface area contributed by atoms with Crippen LogP contribution >= 0.6 is 11.6 Å². The molecule has 0 saturated carbocycles. The van der Waals surface area contributed by atoms with E-state index >= 15 is 0 Å². The van der Waals surface area contributed by atoms with Gasteiger partial charge in [-0.25, -0.2) is 4.68 Å². The van der Waals surface area contributed by atoms with Crippen molar-refractivity contribution in [3.8, 4) is 28.9 Å². The number of hydrogen-bond donors (Lipinski definition) is 0. The van der Waals surface area contributed by atoms with Crippen molar-refractivity contribution in [3.63, 3.8) is 0 Å². The van der Waals surface area contributed by atoms with Crippen molar-refractivity contribution in [3.05, 3.63) is 57.7 Å². The van der Waals surface area contributed by atoms with Crippen molar-refractivity contribution >= 4 is 19.7 Å². The van der Waals surface area contributed by atoms with Crippen molar-refractivity contribution in [2.75, 3.05) is 6.61 Å². The van der Waals surface area contributed by atoms with Gasteiger partial charge >= 0.3 is 6.01 Å². The molecule has 3 heterocycles. The molecule has 0 bridgehead atoms. The Labute approximate surface area is 214 Å². The third-order valence-electron chi connectivity index (χ3n) is 5.33. The van der Waals surface area contributed by atoms with Crippen LogP contribution in [0.3, 0.4) is 0 Å². The normalized spacial score (nSPS) is 12.6. The topological polar surface area (TPSA) is 123 Å². The summed E-state index contributed by atoms with van der Waals surface area (Å²) >= 11 is 6.04. The maximum atomic E-state index is 12.5. The molecule has 0 fully saturated rings. The molecule has 11 nitrogen and oxygen atoms in total. The monoisotopic (exact) mass is 529 g/mol. The van der Waals surface area contributed by atoms with E-state index in [0.717, 1.165) is 6.04 Å². The second kappa shape index (κ2) is 10.7. The lowest BCUT2D eigenvalue weighted by atomic mass is 10.2. The first-order valence-corrected chi connectivity index (χ1v) is 15.5. The number of halogens is 1. The molecule has 0 aliphatic carbocycles. The predicted molar refractivity (Wildman–Crippen MR) is 136 cm³/mol. The minimum Gasteiger partial charge on any atom is -0.452 e. The van der Waals surface area contributed by atoms with E-state index in [2.05, 4.69) is 45.1 Å². The highest BCUT2D eigenvalue weighted by molar-refractivity contribution is 6.76. The van der Waals surface area contributed by atoms with Crippen LogP contribution in [-0.4, -0.2) is 49.4 Å². The highest BCUT2D eigenvalue weighted by Crippen LogP contribution is 2.25. The standard InChI is InChI=1S/C23H28ClN7O4Si/c1-15(20-26-22(35-29-20)16-7-6-8-18(24)11-16)34-23-28-27-21(30(23)2)17-12-19(32)31(25-13-17)14-33-9-10-36(3,4)5/h6-8,11-13,15H,9-10,14H2,1-5H3/t15-/m1/s1. The first-order chi connectivity index (χ1) is 17.1. The molecule has 0 aliphatic rings. The summed E-state index contributed by atoms with van der Waals surface area (Å²) in [6.45, 7) is 9.30. The minimum absolute atomic E-state index is 0.107. The van der Waals surface area contributed by atoms with Crippen LogP contribution in [0.2, 0.25) is 30.7 Å². The van der Waals surface area contributed by atoms with E-state index in [4.69, 9.17) is 25.6 Å². The minimum atomic E-state index is -1.20. The fraction of sp³-hybridized carbons (Fsp3) is 0.391. The third kappa shape index (κ3) is 6.25. The van der Waals surface area contributed by atoms with E-state index in [0.29, 0.717) is 40.3 Å². The van der Waals surface area contributed by atoms with Crippen molar-refractivity contribution in [1.29, 1.82) is 0 Å². The highest BCUT2D eigenvalue weighted by Gasteiger charge is 2.21. The average Bonchev–Trinajstić information content (AvgIpc) is 3.45. The van der Waals surface area contributed by atoms with Crippen molar-refractivity contribution in [1.82, 2.24) is 34.7 Å². The first kappa shape index (κ1) is 25.7. The van der Waals surface area contributed by atoms with E-state index < -0.39 is 14.2 Å². The predicted octanol–water partition coefficient (Wildman–Crippen LogP) is 4.19. The van der Waals surface area contributed by atoms with Gasteiger partial charge in [-0.2, -0.15) is 10.1 Å². The number of benzene rings is 1. The Balaban J connectivity index is 1.42. The summed E-state index contributed by atoms with van der Waals surface area (Å²) in [6.07, 6.45) is 0.980. The average molecular weight is 530 g/mol. The van der Waals surface area contributed by atoms with E-state index in [1.165, 1.54) is 10.7 Å². The zero-order valence-electron chi connectivity index (χ0n) is 20.8. The summed E-state index contributed by atoms with van der Waals surface area (Å²) in [5.41, 5.74) is 0.927. The molecule has 0 N–H and O–H groups in total. The molecule has 36 heavy (non-hydrogen) atoms. The Hall–Kier alpha value is -3.35. The third-order valence-corrected chi connectivity index (χ3v) is 7.27. The maximum Gasteiger partial charge on any atom is 0.317 e. The lowest BCUT2D eigenvalue weighted by molar-refractivity contribution is 0.0750. The maximum absolute atomic E-state index is 12.5. The van der Waals surface area contributed by atoms with Gasteiger partial charge in [-0.1, -0.05) is 47.6 Å². The molecule has 1 aromatic carbocycles. The van der Waals surface area contributed by atoms with Gasteiger partial charge in [0.25, 0.3) is 11.4 Å². The molecule has 0 saturated heterocycles. The van der Waals surface area contributed by atoms with Gasteiger partial charge < -0.3 is 14.0 Å². The van der Waals surface area contributed by atoms with E-state index in [1.807, 2.05) is 6.07 Å². The molecule has 3 aromatic heterocycles. The van der Waals surface area contributed by atoms with E-state index in [1.54, 1.807) is 42.9 Å². The molecule has 4 rings (SSSR count). The van der Waals surface area contributed by atoms with Gasteiger partial charge in [0.15, 0.2) is 11.9 Å². The van der Waals surface area contributed by atoms with E-state index in [-0.39, 0.29) is 18.3 Å². The van der Waals surface area contributed by atoms with Crippen molar-refractivity contribution in [2.45, 2.75) is 45.4 Å². The molecule has 1 atom stereocenters. The fourth-order valence-electron chi connectivity index (χ4n) is 3.20. The molecule has 0 spiro atoms. The SMILES string of the molecule is C[C@@H](Oc1nnc(-c2cnn(COCC[Si](C)(C)C)c(=O)c2)n1C)c1noc(-c2cccc(Cl)c2)n1. The van der Waals surface area contributed by atoms with Crippen LogP contribution in [0.5, 0.6) is 6.01 Å². The Morgan fingerprint density at radius 2 is 1.97 bits per heavy atom. The molecule has 0 radical (unpaired) electrons. The summed E-state index contributed by atoms with van der Waals surface area (Å²) in [6, 6.07) is 9.82. The largest absolute Gasteiger partial charge is 0.452 e. The summed E-state index contributed by atoms with van der Waals surface area (Å²) in [7, 11) is 0.535. The molecule has 4 aromatic rings. The van der Waals surface area contributed by atoms with Gasteiger partial charge in [0.05, 0.1) is 6.20 Å². The number of nitrogens with zero attached hydrogens (tertiary/aromatic N) is 7. The molecule has 0 amide bonds. The van der Waals surface area contributed by atoms with Crippen molar-refractivity contribution in [2.24, 2.45) is 7.05 Å². The van der Waals surface area contributed by atoms with Gasteiger partial charge in [-0.05, 0) is 31.2 Å². The molecule has 190 valence electrons. The number of ether oxygens (including phenoxy) is 2. The summed E-state index contributed by atoms with van der Waals surface area (Å²) in [5.74, 6) is 1.10. The Morgan fingerprint density at radius 1 is 1.17 bits per heavy atom. The van der Waals surface area contributed by atoms with Gasteiger partial charge in [0.2, 0.25) is 5.82 Å².